The number of carboxylic acid groups (broad SMARTS) is 1. The summed E-state index contributed by atoms with van der Waals surface area (Å²) in [6.45, 7) is 0. The van der Waals surface area contributed by atoms with Crippen molar-refractivity contribution in [3.63, 3.8) is 0 Å². The third-order valence-corrected chi connectivity index (χ3v) is 3.16. The number of carboxylic acids is 1. The Labute approximate surface area is 126 Å². The number of aliphatic carboxylic acids is 1. The summed E-state index contributed by atoms with van der Waals surface area (Å²) < 4.78 is 0. The molecule has 0 spiro atoms. The van der Waals surface area contributed by atoms with E-state index in [2.05, 4.69) is 0 Å². The van der Waals surface area contributed by atoms with Crippen molar-refractivity contribution in [3.8, 4) is 0 Å². The van der Waals surface area contributed by atoms with E-state index < -0.39 is 35.7 Å². The highest BCUT2D eigenvalue weighted by molar-refractivity contribution is 6.12. The second-order valence-electron chi connectivity index (χ2n) is 4.78. The first-order valence-electron chi connectivity index (χ1n) is 6.40. The standard InChI is InChI=1S/C14H17N3O5/c15-10(6-11(16)19)12(20)14(13(21)22,17-8-18)7-9-4-2-1-3-5-9/h1-5,8,10H,6-7,15H2,(H2,16,19)(H,17,18)(H,21,22)/t10?,14-/m1/s1. The second kappa shape index (κ2) is 7.32. The molecule has 1 aromatic carbocycles. The van der Waals surface area contributed by atoms with Gasteiger partial charge in [-0.15, -0.1) is 0 Å². The molecule has 0 saturated heterocycles. The molecule has 0 aromatic heterocycles. The number of benzene rings is 1. The molecular formula is C14H17N3O5. The number of ketones is 1. The monoisotopic (exact) mass is 307 g/mol. The quantitative estimate of drug-likeness (QED) is 0.324. The Morgan fingerprint density at radius 3 is 2.32 bits per heavy atom. The number of carbonyl (C=O) groups is 4. The number of Topliss-reactive ketones (excluding diaryl/α,β-unsaturated/α-hetero) is 1. The fraction of sp³-hybridized carbons (Fsp3) is 0.286. The van der Waals surface area contributed by atoms with Crippen molar-refractivity contribution in [2.45, 2.75) is 24.4 Å². The summed E-state index contributed by atoms with van der Waals surface area (Å²) in [5.74, 6) is -3.39. The van der Waals surface area contributed by atoms with Gasteiger partial charge in [-0.05, 0) is 5.56 Å². The molecule has 1 rings (SSSR count). The van der Waals surface area contributed by atoms with Crippen LogP contribution in [-0.2, 0) is 25.6 Å². The van der Waals surface area contributed by atoms with E-state index in [1.807, 2.05) is 5.32 Å². The molecule has 1 aromatic rings. The molecule has 0 bridgehead atoms. The average molecular weight is 307 g/mol. The lowest BCUT2D eigenvalue weighted by Gasteiger charge is -2.29. The second-order valence-corrected chi connectivity index (χ2v) is 4.78. The van der Waals surface area contributed by atoms with Crippen molar-refractivity contribution in [3.05, 3.63) is 35.9 Å². The minimum atomic E-state index is -2.25. The lowest BCUT2D eigenvalue weighted by molar-refractivity contribution is -0.152. The summed E-state index contributed by atoms with van der Waals surface area (Å²) in [4.78, 5) is 45.7. The van der Waals surface area contributed by atoms with Gasteiger partial charge in [0.15, 0.2) is 5.78 Å². The van der Waals surface area contributed by atoms with Crippen LogP contribution in [0.4, 0.5) is 0 Å². The molecule has 6 N–H and O–H groups in total. The Hall–Kier alpha value is -2.74. The maximum absolute atomic E-state index is 12.4. The highest BCUT2D eigenvalue weighted by atomic mass is 16.4. The third-order valence-electron chi connectivity index (χ3n) is 3.16. The molecule has 0 radical (unpaired) electrons. The highest BCUT2D eigenvalue weighted by Gasteiger charge is 2.48. The van der Waals surface area contributed by atoms with E-state index in [4.69, 9.17) is 11.5 Å². The van der Waals surface area contributed by atoms with Crippen LogP contribution in [0.15, 0.2) is 30.3 Å². The minimum absolute atomic E-state index is 0.117. The zero-order valence-electron chi connectivity index (χ0n) is 11.7. The van der Waals surface area contributed by atoms with Gasteiger partial charge in [-0.1, -0.05) is 30.3 Å². The third kappa shape index (κ3) is 3.89. The predicted octanol–water partition coefficient (Wildman–Crippen LogP) is -1.43. The molecule has 0 aliphatic heterocycles. The number of hydrogen-bond donors (Lipinski definition) is 4. The zero-order valence-corrected chi connectivity index (χ0v) is 11.7. The van der Waals surface area contributed by atoms with Gasteiger partial charge in [-0.2, -0.15) is 0 Å². The number of amides is 2. The maximum Gasteiger partial charge on any atom is 0.337 e. The van der Waals surface area contributed by atoms with E-state index in [1.165, 1.54) is 0 Å². The topological polar surface area (TPSA) is 153 Å². The van der Waals surface area contributed by atoms with Crippen LogP contribution in [0.1, 0.15) is 12.0 Å². The number of nitrogens with two attached hydrogens (primary N) is 2. The van der Waals surface area contributed by atoms with Gasteiger partial charge >= 0.3 is 5.97 Å². The molecule has 118 valence electrons. The molecular weight excluding hydrogens is 290 g/mol. The van der Waals surface area contributed by atoms with Crippen molar-refractivity contribution < 1.29 is 24.3 Å². The van der Waals surface area contributed by atoms with Crippen LogP contribution in [0.5, 0.6) is 0 Å². The predicted molar refractivity (Wildman–Crippen MR) is 76.5 cm³/mol. The smallest absolute Gasteiger partial charge is 0.337 e. The molecule has 0 aliphatic rings. The van der Waals surface area contributed by atoms with Gasteiger partial charge in [0, 0.05) is 12.8 Å². The molecule has 22 heavy (non-hydrogen) atoms. The summed E-state index contributed by atoms with van der Waals surface area (Å²) in [5, 5.41) is 11.5. The van der Waals surface area contributed by atoms with E-state index in [0.717, 1.165) is 0 Å². The fourth-order valence-corrected chi connectivity index (χ4v) is 2.08. The first kappa shape index (κ1) is 17.3. The van der Waals surface area contributed by atoms with Gasteiger partial charge in [0.1, 0.15) is 0 Å². The molecule has 0 saturated carbocycles. The molecule has 8 nitrogen and oxygen atoms in total. The summed E-state index contributed by atoms with van der Waals surface area (Å²) in [5.41, 5.74) is 8.79. The van der Waals surface area contributed by atoms with Crippen molar-refractivity contribution in [2.24, 2.45) is 11.5 Å². The fourth-order valence-electron chi connectivity index (χ4n) is 2.08. The molecule has 2 amide bonds. The molecule has 0 heterocycles. The van der Waals surface area contributed by atoms with E-state index in [-0.39, 0.29) is 12.8 Å². The molecule has 2 atom stereocenters. The normalized spacial score (nSPS) is 14.4. The number of carbonyl (C=O) groups excluding carboxylic acids is 3. The van der Waals surface area contributed by atoms with Crippen molar-refractivity contribution in [1.82, 2.24) is 5.32 Å². The van der Waals surface area contributed by atoms with E-state index in [1.54, 1.807) is 30.3 Å². The Bertz CT molecular complexity index is 575. The molecule has 0 fully saturated rings. The van der Waals surface area contributed by atoms with Gasteiger partial charge in [0.2, 0.25) is 17.9 Å². The largest absolute Gasteiger partial charge is 0.479 e. The van der Waals surface area contributed by atoms with Gasteiger partial charge in [0.05, 0.1) is 6.04 Å². The number of hydrogen-bond acceptors (Lipinski definition) is 5. The first-order valence-corrected chi connectivity index (χ1v) is 6.40. The first-order chi connectivity index (χ1) is 10.3. The number of nitrogens with one attached hydrogen (secondary N) is 1. The highest BCUT2D eigenvalue weighted by Crippen LogP contribution is 2.18. The van der Waals surface area contributed by atoms with Crippen LogP contribution < -0.4 is 16.8 Å². The summed E-state index contributed by atoms with van der Waals surface area (Å²) in [6.07, 6.45) is -0.692. The zero-order chi connectivity index (χ0) is 16.8. The Morgan fingerprint density at radius 2 is 1.86 bits per heavy atom. The molecule has 1 unspecified atom stereocenters. The van der Waals surface area contributed by atoms with Crippen LogP contribution in [0.3, 0.4) is 0 Å². The van der Waals surface area contributed by atoms with Crippen LogP contribution in [0.2, 0.25) is 0 Å². The van der Waals surface area contributed by atoms with Gasteiger partial charge in [-0.25, -0.2) is 4.79 Å². The molecule has 8 heteroatoms. The molecule has 0 aliphatic carbocycles. The Morgan fingerprint density at radius 1 is 1.27 bits per heavy atom. The van der Waals surface area contributed by atoms with Gasteiger partial charge in [0.25, 0.3) is 0 Å². The number of rotatable bonds is 9. The van der Waals surface area contributed by atoms with Crippen LogP contribution >= 0.6 is 0 Å². The average Bonchev–Trinajstić information content (AvgIpc) is 2.46. The Balaban J connectivity index is 3.20. The summed E-state index contributed by atoms with van der Waals surface area (Å²) >= 11 is 0. The van der Waals surface area contributed by atoms with E-state index in [9.17, 15) is 24.3 Å². The number of primary amides is 1. The SMILES string of the molecule is NC(=O)CC(N)C(=O)[C@@](Cc1ccccc1)(NC=O)C(=O)O. The van der Waals surface area contributed by atoms with Gasteiger partial charge < -0.3 is 21.9 Å². The van der Waals surface area contributed by atoms with Crippen molar-refractivity contribution in [2.75, 3.05) is 0 Å². The van der Waals surface area contributed by atoms with Crippen LogP contribution in [-0.4, -0.2) is 40.8 Å². The van der Waals surface area contributed by atoms with Crippen LogP contribution in [0, 0.1) is 0 Å². The summed E-state index contributed by atoms with van der Waals surface area (Å²) in [6, 6.07) is 6.84. The Kier molecular flexibility index (Phi) is 5.76. The van der Waals surface area contributed by atoms with Crippen molar-refractivity contribution in [1.29, 1.82) is 0 Å². The summed E-state index contributed by atoms with van der Waals surface area (Å²) in [7, 11) is 0. The van der Waals surface area contributed by atoms with Crippen LogP contribution in [0.25, 0.3) is 0 Å². The minimum Gasteiger partial charge on any atom is -0.479 e. The lowest BCUT2D eigenvalue weighted by Crippen LogP contribution is -2.64. The van der Waals surface area contributed by atoms with E-state index >= 15 is 0 Å². The lowest BCUT2D eigenvalue weighted by atomic mass is 9.82. The maximum atomic E-state index is 12.4. The van der Waals surface area contributed by atoms with Gasteiger partial charge in [-0.3, -0.25) is 14.4 Å². The van der Waals surface area contributed by atoms with E-state index in [0.29, 0.717) is 5.56 Å². The van der Waals surface area contributed by atoms with Crippen molar-refractivity contribution >= 4 is 24.1 Å².